The van der Waals surface area contributed by atoms with E-state index in [2.05, 4.69) is 15.3 Å². The monoisotopic (exact) mass is 305 g/mol. The van der Waals surface area contributed by atoms with Crippen LogP contribution in [-0.2, 0) is 0 Å². The first-order valence-corrected chi connectivity index (χ1v) is 7.15. The van der Waals surface area contributed by atoms with Crippen molar-refractivity contribution in [1.29, 1.82) is 0 Å². The Kier molecular flexibility index (Phi) is 4.29. The number of para-hydroxylation sites is 3. The van der Waals surface area contributed by atoms with Crippen molar-refractivity contribution in [2.45, 2.75) is 6.92 Å². The molecule has 5 heteroatoms. The lowest BCUT2D eigenvalue weighted by atomic mass is 10.2. The quantitative estimate of drug-likeness (QED) is 0.795. The Balaban J connectivity index is 1.82. The molecule has 3 rings (SSSR count). The van der Waals surface area contributed by atoms with Gasteiger partial charge in [0.1, 0.15) is 17.3 Å². The molecule has 0 atom stereocenters. The summed E-state index contributed by atoms with van der Waals surface area (Å²) in [6.07, 6.45) is 1.56. The third-order valence-corrected chi connectivity index (χ3v) is 3.11. The van der Waals surface area contributed by atoms with Gasteiger partial charge in [-0.2, -0.15) is 0 Å². The molecule has 1 aromatic heterocycles. The van der Waals surface area contributed by atoms with E-state index in [-0.39, 0.29) is 5.91 Å². The van der Waals surface area contributed by atoms with Crippen LogP contribution in [0.15, 0.2) is 66.9 Å². The van der Waals surface area contributed by atoms with Gasteiger partial charge in [-0.15, -0.1) is 0 Å². The van der Waals surface area contributed by atoms with Crippen LogP contribution >= 0.6 is 0 Å². The van der Waals surface area contributed by atoms with Crippen molar-refractivity contribution in [1.82, 2.24) is 9.97 Å². The molecule has 0 radical (unpaired) electrons. The second kappa shape index (κ2) is 6.70. The zero-order valence-corrected chi connectivity index (χ0v) is 12.6. The Labute approximate surface area is 134 Å². The summed E-state index contributed by atoms with van der Waals surface area (Å²) in [6, 6.07) is 18.2. The topological polar surface area (TPSA) is 64.1 Å². The average Bonchev–Trinajstić information content (AvgIpc) is 2.57. The van der Waals surface area contributed by atoms with Crippen molar-refractivity contribution >= 4 is 11.6 Å². The van der Waals surface area contributed by atoms with Crippen LogP contribution in [0.4, 0.5) is 5.69 Å². The maximum atomic E-state index is 12.3. The Morgan fingerprint density at radius 3 is 2.52 bits per heavy atom. The van der Waals surface area contributed by atoms with E-state index in [1.165, 1.54) is 0 Å². The molecule has 0 aliphatic rings. The summed E-state index contributed by atoms with van der Waals surface area (Å²) in [5.41, 5.74) is 0.893. The molecule has 0 spiro atoms. The summed E-state index contributed by atoms with van der Waals surface area (Å²) in [7, 11) is 0. The number of ether oxygens (including phenoxy) is 1. The fourth-order valence-corrected chi connectivity index (χ4v) is 2.04. The summed E-state index contributed by atoms with van der Waals surface area (Å²) in [5, 5.41) is 2.82. The van der Waals surface area contributed by atoms with Crippen molar-refractivity contribution in [3.8, 4) is 11.5 Å². The molecule has 0 bridgehead atoms. The van der Waals surface area contributed by atoms with E-state index in [0.717, 1.165) is 0 Å². The number of carbonyl (C=O) groups is 1. The van der Waals surface area contributed by atoms with Gasteiger partial charge < -0.3 is 10.1 Å². The molecule has 2 aromatic carbocycles. The van der Waals surface area contributed by atoms with Crippen LogP contribution in [0.25, 0.3) is 0 Å². The van der Waals surface area contributed by atoms with Crippen molar-refractivity contribution in [2.75, 3.05) is 5.32 Å². The van der Waals surface area contributed by atoms with Crippen LogP contribution in [0.5, 0.6) is 11.5 Å². The smallest absolute Gasteiger partial charge is 0.274 e. The van der Waals surface area contributed by atoms with E-state index in [1.54, 1.807) is 31.3 Å². The third-order valence-electron chi connectivity index (χ3n) is 3.11. The number of hydrogen-bond donors (Lipinski definition) is 1. The number of aromatic nitrogens is 2. The number of aryl methyl sites for hydroxylation is 1. The highest BCUT2D eigenvalue weighted by Crippen LogP contribution is 2.29. The molecular formula is C18H15N3O2. The molecular weight excluding hydrogens is 290 g/mol. The van der Waals surface area contributed by atoms with E-state index in [1.807, 2.05) is 42.5 Å². The molecule has 1 heterocycles. The lowest BCUT2D eigenvalue weighted by Crippen LogP contribution is -2.14. The lowest BCUT2D eigenvalue weighted by molar-refractivity contribution is 0.102. The van der Waals surface area contributed by atoms with Crippen LogP contribution in [0, 0.1) is 6.92 Å². The van der Waals surface area contributed by atoms with Crippen LogP contribution < -0.4 is 10.1 Å². The molecule has 114 valence electrons. The molecule has 1 amide bonds. The van der Waals surface area contributed by atoms with E-state index in [0.29, 0.717) is 28.7 Å². The van der Waals surface area contributed by atoms with Crippen LogP contribution in [0.1, 0.15) is 16.3 Å². The number of hydrogen-bond acceptors (Lipinski definition) is 4. The normalized spacial score (nSPS) is 10.1. The number of nitrogens with zero attached hydrogens (tertiary/aromatic N) is 2. The number of benzene rings is 2. The van der Waals surface area contributed by atoms with Gasteiger partial charge >= 0.3 is 0 Å². The molecule has 5 nitrogen and oxygen atoms in total. The minimum Gasteiger partial charge on any atom is -0.455 e. The molecule has 0 aliphatic carbocycles. The number of nitrogens with one attached hydrogen (secondary N) is 1. The first-order chi connectivity index (χ1) is 11.2. The fourth-order valence-electron chi connectivity index (χ4n) is 2.04. The summed E-state index contributed by atoms with van der Waals surface area (Å²) in [5.74, 6) is 1.51. The predicted octanol–water partition coefficient (Wildman–Crippen LogP) is 3.83. The largest absolute Gasteiger partial charge is 0.455 e. The highest BCUT2D eigenvalue weighted by molar-refractivity contribution is 6.03. The Hall–Kier alpha value is -3.21. The number of carbonyl (C=O) groups excluding carboxylic acids is 1. The van der Waals surface area contributed by atoms with E-state index < -0.39 is 0 Å². The Morgan fingerprint density at radius 2 is 1.74 bits per heavy atom. The summed E-state index contributed by atoms with van der Waals surface area (Å²) in [4.78, 5) is 20.4. The molecule has 0 aliphatic heterocycles. The Bertz CT molecular complexity index is 819. The SMILES string of the molecule is Cc1nccc(C(=O)Nc2ccccc2Oc2ccccc2)n1. The van der Waals surface area contributed by atoms with Crippen LogP contribution in [-0.4, -0.2) is 15.9 Å². The number of anilines is 1. The Morgan fingerprint density at radius 1 is 1.00 bits per heavy atom. The van der Waals surface area contributed by atoms with Gasteiger partial charge in [0.05, 0.1) is 5.69 Å². The van der Waals surface area contributed by atoms with Gasteiger partial charge in [-0.3, -0.25) is 4.79 Å². The van der Waals surface area contributed by atoms with Gasteiger partial charge in [0.25, 0.3) is 5.91 Å². The van der Waals surface area contributed by atoms with E-state index in [9.17, 15) is 4.79 Å². The van der Waals surface area contributed by atoms with Crippen molar-refractivity contribution < 1.29 is 9.53 Å². The van der Waals surface area contributed by atoms with Crippen molar-refractivity contribution in [3.05, 3.63) is 78.4 Å². The molecule has 0 unspecified atom stereocenters. The zero-order valence-electron chi connectivity index (χ0n) is 12.6. The third kappa shape index (κ3) is 3.71. The summed E-state index contributed by atoms with van der Waals surface area (Å²) >= 11 is 0. The maximum absolute atomic E-state index is 12.3. The highest BCUT2D eigenvalue weighted by atomic mass is 16.5. The second-order valence-corrected chi connectivity index (χ2v) is 4.85. The van der Waals surface area contributed by atoms with Crippen molar-refractivity contribution in [2.24, 2.45) is 0 Å². The van der Waals surface area contributed by atoms with Gasteiger partial charge in [-0.1, -0.05) is 30.3 Å². The number of rotatable bonds is 4. The molecule has 1 N–H and O–H groups in total. The first-order valence-electron chi connectivity index (χ1n) is 7.15. The molecule has 3 aromatic rings. The maximum Gasteiger partial charge on any atom is 0.274 e. The van der Waals surface area contributed by atoms with Gasteiger partial charge in [-0.05, 0) is 37.3 Å². The first kappa shape index (κ1) is 14.7. The minimum atomic E-state index is -0.306. The fraction of sp³-hybridized carbons (Fsp3) is 0.0556. The van der Waals surface area contributed by atoms with Gasteiger partial charge in [0.2, 0.25) is 0 Å². The lowest BCUT2D eigenvalue weighted by Gasteiger charge is -2.12. The van der Waals surface area contributed by atoms with Crippen molar-refractivity contribution in [3.63, 3.8) is 0 Å². The molecule has 0 saturated carbocycles. The highest BCUT2D eigenvalue weighted by Gasteiger charge is 2.11. The van der Waals surface area contributed by atoms with E-state index >= 15 is 0 Å². The molecule has 0 fully saturated rings. The van der Waals surface area contributed by atoms with Gasteiger partial charge in [0, 0.05) is 6.20 Å². The van der Waals surface area contributed by atoms with E-state index in [4.69, 9.17) is 4.74 Å². The van der Waals surface area contributed by atoms with Gasteiger partial charge in [0.15, 0.2) is 5.75 Å². The minimum absolute atomic E-state index is 0.306. The van der Waals surface area contributed by atoms with Crippen LogP contribution in [0.2, 0.25) is 0 Å². The predicted molar refractivity (Wildman–Crippen MR) is 87.7 cm³/mol. The molecule has 23 heavy (non-hydrogen) atoms. The van der Waals surface area contributed by atoms with Gasteiger partial charge in [-0.25, -0.2) is 9.97 Å². The van der Waals surface area contributed by atoms with Crippen LogP contribution in [0.3, 0.4) is 0 Å². The number of amides is 1. The standard InChI is InChI=1S/C18H15N3O2/c1-13-19-12-11-16(20-13)18(22)21-15-9-5-6-10-17(15)23-14-7-3-2-4-8-14/h2-12H,1H3,(H,21,22). The summed E-state index contributed by atoms with van der Waals surface area (Å²) in [6.45, 7) is 1.74. The molecule has 0 saturated heterocycles. The second-order valence-electron chi connectivity index (χ2n) is 4.85. The average molecular weight is 305 g/mol. The summed E-state index contributed by atoms with van der Waals surface area (Å²) < 4.78 is 5.82. The zero-order chi connectivity index (χ0) is 16.1.